The minimum Gasteiger partial charge on any atom is -0.508 e. The van der Waals surface area contributed by atoms with Crippen molar-refractivity contribution in [2.45, 2.75) is 6.42 Å². The number of phenols is 1. The molecule has 0 bridgehead atoms. The third kappa shape index (κ3) is 4.35. The molecule has 2 N–H and O–H groups in total. The van der Waals surface area contributed by atoms with E-state index in [1.807, 2.05) is 18.2 Å². The molecule has 5 heteroatoms. The van der Waals surface area contributed by atoms with Crippen molar-refractivity contribution in [1.82, 2.24) is 5.32 Å². The number of amides is 1. The highest BCUT2D eigenvalue weighted by molar-refractivity contribution is 9.11. The molecule has 2 aromatic rings. The summed E-state index contributed by atoms with van der Waals surface area (Å²) in [7, 11) is 0. The van der Waals surface area contributed by atoms with Crippen LogP contribution >= 0.6 is 31.9 Å². The van der Waals surface area contributed by atoms with Gasteiger partial charge in [-0.1, -0.05) is 44.0 Å². The summed E-state index contributed by atoms with van der Waals surface area (Å²) in [6.07, 6.45) is 0.723. The zero-order valence-corrected chi connectivity index (χ0v) is 13.7. The first kappa shape index (κ1) is 15.1. The normalized spacial score (nSPS) is 10.3. The minimum absolute atomic E-state index is 0.106. The molecular formula is C15H13Br2NO2. The molecule has 1 amide bonds. The number of phenolic OH excluding ortho intramolecular Hbond substituents is 1. The van der Waals surface area contributed by atoms with Crippen LogP contribution in [0.25, 0.3) is 0 Å². The Balaban J connectivity index is 1.90. The average Bonchev–Trinajstić information content (AvgIpc) is 2.40. The van der Waals surface area contributed by atoms with Gasteiger partial charge in [-0.2, -0.15) is 0 Å². The first-order chi connectivity index (χ1) is 9.54. The predicted molar refractivity (Wildman–Crippen MR) is 86.0 cm³/mol. The first-order valence-electron chi connectivity index (χ1n) is 6.07. The van der Waals surface area contributed by atoms with Crippen molar-refractivity contribution in [3.63, 3.8) is 0 Å². The Kier molecular flexibility index (Phi) is 5.20. The Bertz CT molecular complexity index is 592. The Morgan fingerprint density at radius 3 is 2.25 bits per heavy atom. The van der Waals surface area contributed by atoms with Crippen LogP contribution in [0.15, 0.2) is 51.4 Å². The van der Waals surface area contributed by atoms with Gasteiger partial charge >= 0.3 is 0 Å². The topological polar surface area (TPSA) is 49.3 Å². The van der Waals surface area contributed by atoms with E-state index in [-0.39, 0.29) is 11.7 Å². The highest BCUT2D eigenvalue weighted by atomic mass is 79.9. The van der Waals surface area contributed by atoms with Crippen molar-refractivity contribution in [3.05, 3.63) is 62.5 Å². The van der Waals surface area contributed by atoms with E-state index in [4.69, 9.17) is 0 Å². The summed E-state index contributed by atoms with van der Waals surface area (Å²) in [6.45, 7) is 0.549. The van der Waals surface area contributed by atoms with Gasteiger partial charge in [0.2, 0.25) is 0 Å². The van der Waals surface area contributed by atoms with E-state index in [2.05, 4.69) is 37.2 Å². The maximum atomic E-state index is 12.0. The van der Waals surface area contributed by atoms with Gasteiger partial charge < -0.3 is 10.4 Å². The van der Waals surface area contributed by atoms with Crippen molar-refractivity contribution in [1.29, 1.82) is 0 Å². The lowest BCUT2D eigenvalue weighted by Gasteiger charge is -2.06. The maximum Gasteiger partial charge on any atom is 0.251 e. The Labute approximate surface area is 134 Å². The molecule has 0 saturated carbocycles. The Hall–Kier alpha value is -1.33. The maximum absolute atomic E-state index is 12.0. The fourth-order valence-electron chi connectivity index (χ4n) is 1.77. The zero-order chi connectivity index (χ0) is 14.5. The third-order valence-electron chi connectivity index (χ3n) is 2.76. The number of hydrogen-bond donors (Lipinski definition) is 2. The average molecular weight is 399 g/mol. The van der Waals surface area contributed by atoms with Gasteiger partial charge in [-0.3, -0.25) is 4.79 Å². The molecule has 0 unspecified atom stereocenters. The molecular weight excluding hydrogens is 386 g/mol. The fourth-order valence-corrected chi connectivity index (χ4v) is 3.06. The van der Waals surface area contributed by atoms with E-state index in [1.54, 1.807) is 24.3 Å². The smallest absolute Gasteiger partial charge is 0.251 e. The molecule has 0 saturated heterocycles. The van der Waals surface area contributed by atoms with E-state index >= 15 is 0 Å². The molecule has 3 nitrogen and oxygen atoms in total. The number of hydrogen-bond acceptors (Lipinski definition) is 2. The van der Waals surface area contributed by atoms with Gasteiger partial charge in [-0.25, -0.2) is 0 Å². The summed E-state index contributed by atoms with van der Waals surface area (Å²) < 4.78 is 1.71. The number of aromatic hydroxyl groups is 1. The first-order valence-corrected chi connectivity index (χ1v) is 7.65. The van der Waals surface area contributed by atoms with Crippen LogP contribution in [0.2, 0.25) is 0 Å². The molecule has 0 aromatic heterocycles. The van der Waals surface area contributed by atoms with Crippen LogP contribution < -0.4 is 5.32 Å². The van der Waals surface area contributed by atoms with Crippen molar-refractivity contribution >= 4 is 37.8 Å². The molecule has 20 heavy (non-hydrogen) atoms. The molecule has 0 atom stereocenters. The van der Waals surface area contributed by atoms with Crippen LogP contribution in [0.5, 0.6) is 5.75 Å². The van der Waals surface area contributed by atoms with Crippen LogP contribution in [-0.2, 0) is 6.42 Å². The number of carbonyl (C=O) groups excluding carboxylic acids is 1. The highest BCUT2D eigenvalue weighted by Crippen LogP contribution is 2.20. The molecule has 0 radical (unpaired) electrons. The van der Waals surface area contributed by atoms with Gasteiger partial charge in [-0.15, -0.1) is 0 Å². The quantitative estimate of drug-likeness (QED) is 0.820. The van der Waals surface area contributed by atoms with Crippen LogP contribution in [0, 0.1) is 0 Å². The van der Waals surface area contributed by atoms with Gasteiger partial charge in [0.1, 0.15) is 5.75 Å². The Morgan fingerprint density at radius 2 is 1.65 bits per heavy atom. The predicted octanol–water partition coefficient (Wildman–Crippen LogP) is 3.89. The van der Waals surface area contributed by atoms with E-state index in [0.29, 0.717) is 12.1 Å². The number of carbonyl (C=O) groups is 1. The fraction of sp³-hybridized carbons (Fsp3) is 0.133. The summed E-state index contributed by atoms with van der Waals surface area (Å²) in [6, 6.07) is 12.4. The number of nitrogens with one attached hydrogen (secondary N) is 1. The third-order valence-corrected chi connectivity index (χ3v) is 3.68. The van der Waals surface area contributed by atoms with Crippen molar-refractivity contribution in [3.8, 4) is 5.75 Å². The molecule has 0 aliphatic carbocycles. The van der Waals surface area contributed by atoms with Gasteiger partial charge in [0.15, 0.2) is 0 Å². The molecule has 0 heterocycles. The number of benzene rings is 2. The molecule has 0 aliphatic heterocycles. The van der Waals surface area contributed by atoms with Gasteiger partial charge in [0, 0.05) is 21.1 Å². The second kappa shape index (κ2) is 6.90. The summed E-state index contributed by atoms with van der Waals surface area (Å²) in [5, 5.41) is 12.1. The van der Waals surface area contributed by atoms with E-state index in [1.165, 1.54) is 0 Å². The molecule has 2 aromatic carbocycles. The largest absolute Gasteiger partial charge is 0.508 e. The van der Waals surface area contributed by atoms with Crippen molar-refractivity contribution in [2.75, 3.05) is 6.54 Å². The molecule has 0 fully saturated rings. The van der Waals surface area contributed by atoms with Crippen molar-refractivity contribution in [2.24, 2.45) is 0 Å². The van der Waals surface area contributed by atoms with Gasteiger partial charge in [0.25, 0.3) is 5.91 Å². The second-order valence-corrected chi connectivity index (χ2v) is 6.16. The standard InChI is InChI=1S/C15H13Br2NO2/c16-12-7-11(8-13(17)9-12)15(20)18-6-5-10-1-3-14(19)4-2-10/h1-4,7-9,19H,5-6H2,(H,18,20). The lowest BCUT2D eigenvalue weighted by molar-refractivity contribution is 0.0954. The van der Waals surface area contributed by atoms with Crippen LogP contribution in [0.1, 0.15) is 15.9 Å². The van der Waals surface area contributed by atoms with Crippen molar-refractivity contribution < 1.29 is 9.90 Å². The SMILES string of the molecule is O=C(NCCc1ccc(O)cc1)c1cc(Br)cc(Br)c1. The van der Waals surface area contributed by atoms with E-state index < -0.39 is 0 Å². The van der Waals surface area contributed by atoms with Crippen LogP contribution in [0.3, 0.4) is 0 Å². The van der Waals surface area contributed by atoms with E-state index in [0.717, 1.165) is 20.9 Å². The second-order valence-electron chi connectivity index (χ2n) is 4.33. The summed E-state index contributed by atoms with van der Waals surface area (Å²) in [5.74, 6) is 0.141. The van der Waals surface area contributed by atoms with Gasteiger partial charge in [0.05, 0.1) is 0 Å². The summed E-state index contributed by atoms with van der Waals surface area (Å²) in [5.41, 5.74) is 1.68. The zero-order valence-electron chi connectivity index (χ0n) is 10.6. The lowest BCUT2D eigenvalue weighted by Crippen LogP contribution is -2.25. The lowest BCUT2D eigenvalue weighted by atomic mass is 10.1. The van der Waals surface area contributed by atoms with Gasteiger partial charge in [-0.05, 0) is 42.3 Å². The number of rotatable bonds is 4. The molecule has 0 spiro atoms. The van der Waals surface area contributed by atoms with Crippen LogP contribution in [0.4, 0.5) is 0 Å². The Morgan fingerprint density at radius 1 is 1.05 bits per heavy atom. The minimum atomic E-state index is -0.106. The monoisotopic (exact) mass is 397 g/mol. The number of halogens is 2. The molecule has 104 valence electrons. The highest BCUT2D eigenvalue weighted by Gasteiger charge is 2.07. The molecule has 2 rings (SSSR count). The summed E-state index contributed by atoms with van der Waals surface area (Å²) >= 11 is 6.72. The van der Waals surface area contributed by atoms with E-state index in [9.17, 15) is 9.90 Å². The summed E-state index contributed by atoms with van der Waals surface area (Å²) in [4.78, 5) is 12.0. The molecule has 0 aliphatic rings. The van der Waals surface area contributed by atoms with Crippen LogP contribution in [-0.4, -0.2) is 17.6 Å².